The highest BCUT2D eigenvalue weighted by Gasteiger charge is 2.04. The van der Waals surface area contributed by atoms with Gasteiger partial charge in [-0.25, -0.2) is 0 Å². The molecule has 2 aromatic rings. The minimum Gasteiger partial charge on any atom is -0.398 e. The van der Waals surface area contributed by atoms with E-state index in [4.69, 9.17) is 5.73 Å². The second-order valence-corrected chi connectivity index (χ2v) is 4.05. The quantitative estimate of drug-likeness (QED) is 0.792. The molecular weight excluding hydrogens is 242 g/mol. The highest BCUT2D eigenvalue weighted by atomic mass is 79.9. The van der Waals surface area contributed by atoms with Crippen molar-refractivity contribution in [1.29, 1.82) is 0 Å². The van der Waals surface area contributed by atoms with Crippen molar-refractivity contribution in [3.8, 4) is 11.1 Å². The van der Waals surface area contributed by atoms with Gasteiger partial charge in [0.25, 0.3) is 0 Å². The Morgan fingerprint density at radius 3 is 2.79 bits per heavy atom. The average molecular weight is 252 g/mol. The first kappa shape index (κ1) is 9.27. The first-order valence-electron chi connectivity index (χ1n) is 4.21. The summed E-state index contributed by atoms with van der Waals surface area (Å²) in [5, 5.41) is 4.11. The monoisotopic (exact) mass is 251 g/mol. The number of halogens is 1. The van der Waals surface area contributed by atoms with Crippen molar-refractivity contribution in [1.82, 2.24) is 9.78 Å². The zero-order chi connectivity index (χ0) is 10.1. The summed E-state index contributed by atoms with van der Waals surface area (Å²) < 4.78 is 2.75. The fourth-order valence-electron chi connectivity index (χ4n) is 1.36. The van der Waals surface area contributed by atoms with Gasteiger partial charge in [-0.2, -0.15) is 5.10 Å². The normalized spacial score (nSPS) is 10.4. The minimum atomic E-state index is 0.757. The van der Waals surface area contributed by atoms with Crippen molar-refractivity contribution >= 4 is 21.6 Å². The Bertz CT molecular complexity index is 462. The third-order valence-electron chi connectivity index (χ3n) is 2.03. The van der Waals surface area contributed by atoms with E-state index in [0.717, 1.165) is 21.3 Å². The fraction of sp³-hybridized carbons (Fsp3) is 0.100. The molecule has 1 aromatic carbocycles. The van der Waals surface area contributed by atoms with Crippen LogP contribution in [0, 0.1) is 0 Å². The molecule has 0 amide bonds. The highest BCUT2D eigenvalue weighted by molar-refractivity contribution is 9.10. The molecule has 0 aliphatic heterocycles. The summed E-state index contributed by atoms with van der Waals surface area (Å²) in [6, 6.07) is 5.84. The maximum absolute atomic E-state index is 5.90. The molecule has 1 aromatic heterocycles. The molecule has 0 saturated heterocycles. The average Bonchev–Trinajstić information content (AvgIpc) is 2.51. The van der Waals surface area contributed by atoms with Crippen LogP contribution in [0.3, 0.4) is 0 Å². The number of nitrogen functional groups attached to an aromatic ring is 1. The van der Waals surface area contributed by atoms with Gasteiger partial charge in [0.15, 0.2) is 0 Å². The van der Waals surface area contributed by atoms with Crippen LogP contribution in [-0.2, 0) is 7.05 Å². The summed E-state index contributed by atoms with van der Waals surface area (Å²) in [7, 11) is 1.89. The Morgan fingerprint density at radius 1 is 1.43 bits per heavy atom. The van der Waals surface area contributed by atoms with E-state index in [-0.39, 0.29) is 0 Å². The number of nitrogens with two attached hydrogens (primary N) is 1. The lowest BCUT2D eigenvalue weighted by Crippen LogP contribution is -1.89. The maximum atomic E-state index is 5.90. The van der Waals surface area contributed by atoms with Crippen molar-refractivity contribution in [2.45, 2.75) is 0 Å². The van der Waals surface area contributed by atoms with E-state index in [1.54, 1.807) is 10.9 Å². The Hall–Kier alpha value is -1.29. The summed E-state index contributed by atoms with van der Waals surface area (Å²) in [5.74, 6) is 0. The molecule has 72 valence electrons. The Morgan fingerprint density at radius 2 is 2.21 bits per heavy atom. The van der Waals surface area contributed by atoms with Crippen molar-refractivity contribution in [2.75, 3.05) is 5.73 Å². The molecule has 0 atom stereocenters. The summed E-state index contributed by atoms with van der Waals surface area (Å²) >= 11 is 3.37. The van der Waals surface area contributed by atoms with Gasteiger partial charge in [-0.15, -0.1) is 0 Å². The zero-order valence-electron chi connectivity index (χ0n) is 7.74. The molecule has 2 N–H and O–H groups in total. The number of benzene rings is 1. The number of hydrogen-bond acceptors (Lipinski definition) is 2. The lowest BCUT2D eigenvalue weighted by Gasteiger charge is -2.02. The topological polar surface area (TPSA) is 43.8 Å². The number of anilines is 1. The van der Waals surface area contributed by atoms with E-state index in [1.165, 1.54) is 0 Å². The molecule has 4 heteroatoms. The Labute approximate surface area is 90.7 Å². The lowest BCUT2D eigenvalue weighted by atomic mass is 10.1. The number of aromatic nitrogens is 2. The molecule has 0 aliphatic rings. The molecule has 0 unspecified atom stereocenters. The van der Waals surface area contributed by atoms with E-state index in [2.05, 4.69) is 21.0 Å². The smallest absolute Gasteiger partial charge is 0.0568 e. The van der Waals surface area contributed by atoms with Gasteiger partial charge < -0.3 is 5.73 Å². The van der Waals surface area contributed by atoms with Gasteiger partial charge in [-0.1, -0.05) is 22.0 Å². The van der Waals surface area contributed by atoms with E-state index < -0.39 is 0 Å². The molecule has 0 radical (unpaired) electrons. The molecule has 0 bridgehead atoms. The van der Waals surface area contributed by atoms with Crippen molar-refractivity contribution < 1.29 is 0 Å². The SMILES string of the molecule is Cn1cc(-c2ccc(Br)cc2N)cn1. The predicted molar refractivity (Wildman–Crippen MR) is 60.8 cm³/mol. The van der Waals surface area contributed by atoms with Crippen LogP contribution in [0.25, 0.3) is 11.1 Å². The minimum absolute atomic E-state index is 0.757. The van der Waals surface area contributed by atoms with Crippen molar-refractivity contribution in [3.05, 3.63) is 35.1 Å². The van der Waals surface area contributed by atoms with Crippen molar-refractivity contribution in [2.24, 2.45) is 7.05 Å². The number of aryl methyl sites for hydroxylation is 1. The summed E-state index contributed by atoms with van der Waals surface area (Å²) in [6.45, 7) is 0. The van der Waals surface area contributed by atoms with Crippen LogP contribution in [-0.4, -0.2) is 9.78 Å². The summed E-state index contributed by atoms with van der Waals surface area (Å²) in [4.78, 5) is 0. The molecule has 0 fully saturated rings. The van der Waals surface area contributed by atoms with E-state index in [0.29, 0.717) is 0 Å². The largest absolute Gasteiger partial charge is 0.398 e. The molecular formula is C10H10BrN3. The van der Waals surface area contributed by atoms with Gasteiger partial charge in [0.1, 0.15) is 0 Å². The van der Waals surface area contributed by atoms with Gasteiger partial charge in [0.05, 0.1) is 6.20 Å². The molecule has 14 heavy (non-hydrogen) atoms. The lowest BCUT2D eigenvalue weighted by molar-refractivity contribution is 0.768. The summed E-state index contributed by atoms with van der Waals surface area (Å²) in [5.41, 5.74) is 8.71. The van der Waals surface area contributed by atoms with E-state index >= 15 is 0 Å². The van der Waals surface area contributed by atoms with Gasteiger partial charge in [0, 0.05) is 34.5 Å². The third-order valence-corrected chi connectivity index (χ3v) is 2.52. The first-order chi connectivity index (χ1) is 6.66. The van der Waals surface area contributed by atoms with Gasteiger partial charge in [0.2, 0.25) is 0 Å². The molecule has 1 heterocycles. The van der Waals surface area contributed by atoms with Crippen LogP contribution in [0.15, 0.2) is 35.1 Å². The van der Waals surface area contributed by atoms with Crippen LogP contribution in [0.4, 0.5) is 5.69 Å². The van der Waals surface area contributed by atoms with Gasteiger partial charge in [-0.3, -0.25) is 4.68 Å². The van der Waals surface area contributed by atoms with E-state index in [9.17, 15) is 0 Å². The van der Waals surface area contributed by atoms with E-state index in [1.807, 2.05) is 31.4 Å². The van der Waals surface area contributed by atoms with Crippen molar-refractivity contribution in [3.63, 3.8) is 0 Å². The first-order valence-corrected chi connectivity index (χ1v) is 5.00. The molecule has 0 spiro atoms. The highest BCUT2D eigenvalue weighted by Crippen LogP contribution is 2.27. The standard InChI is InChI=1S/C10H10BrN3/c1-14-6-7(5-13-14)9-3-2-8(11)4-10(9)12/h2-6H,12H2,1H3. The number of rotatable bonds is 1. The second-order valence-electron chi connectivity index (χ2n) is 3.13. The second kappa shape index (κ2) is 3.46. The third kappa shape index (κ3) is 1.65. The van der Waals surface area contributed by atoms with Gasteiger partial charge in [-0.05, 0) is 12.1 Å². The zero-order valence-corrected chi connectivity index (χ0v) is 9.32. The maximum Gasteiger partial charge on any atom is 0.0568 e. The van der Waals surface area contributed by atoms with Crippen LogP contribution in [0.1, 0.15) is 0 Å². The molecule has 3 nitrogen and oxygen atoms in total. The van der Waals surface area contributed by atoms with Crippen LogP contribution < -0.4 is 5.73 Å². The number of hydrogen-bond donors (Lipinski definition) is 1. The molecule has 2 rings (SSSR count). The van der Waals surface area contributed by atoms with Crippen LogP contribution in [0.2, 0.25) is 0 Å². The Kier molecular flexibility index (Phi) is 2.29. The van der Waals surface area contributed by atoms with Gasteiger partial charge >= 0.3 is 0 Å². The Balaban J connectivity index is 2.52. The molecule has 0 aliphatic carbocycles. The fourth-order valence-corrected chi connectivity index (χ4v) is 1.74. The number of nitrogens with zero attached hydrogens (tertiary/aromatic N) is 2. The molecule has 0 saturated carbocycles. The van der Waals surface area contributed by atoms with Crippen LogP contribution >= 0.6 is 15.9 Å². The predicted octanol–water partition coefficient (Wildman–Crippen LogP) is 2.43. The summed E-state index contributed by atoms with van der Waals surface area (Å²) in [6.07, 6.45) is 3.75. The van der Waals surface area contributed by atoms with Crippen LogP contribution in [0.5, 0.6) is 0 Å².